The van der Waals surface area contributed by atoms with E-state index in [4.69, 9.17) is 21.1 Å². The van der Waals surface area contributed by atoms with Crippen molar-refractivity contribution in [2.45, 2.75) is 6.92 Å². The van der Waals surface area contributed by atoms with Gasteiger partial charge in [0.2, 0.25) is 0 Å². The summed E-state index contributed by atoms with van der Waals surface area (Å²) in [5.74, 6) is -0.805. The molecule has 0 saturated heterocycles. The second-order valence-corrected chi connectivity index (χ2v) is 5.44. The predicted octanol–water partition coefficient (Wildman–Crippen LogP) is 3.44. The maximum absolute atomic E-state index is 11.9. The lowest BCUT2D eigenvalue weighted by Crippen LogP contribution is -2.21. The van der Waals surface area contributed by atoms with Crippen molar-refractivity contribution in [2.75, 3.05) is 18.5 Å². The first-order valence-corrected chi connectivity index (χ1v) is 7.92. The van der Waals surface area contributed by atoms with Gasteiger partial charge in [-0.1, -0.05) is 11.6 Å². The Morgan fingerprint density at radius 2 is 1.88 bits per heavy atom. The van der Waals surface area contributed by atoms with E-state index in [1.54, 1.807) is 12.1 Å². The van der Waals surface area contributed by atoms with E-state index in [9.17, 15) is 19.7 Å². The molecule has 0 aliphatic heterocycles. The molecule has 0 unspecified atom stereocenters. The molecule has 0 saturated carbocycles. The number of nitro benzene ring substituents is 1. The van der Waals surface area contributed by atoms with Crippen LogP contribution < -0.4 is 10.1 Å². The topological polar surface area (TPSA) is 108 Å². The summed E-state index contributed by atoms with van der Waals surface area (Å²) in [4.78, 5) is 34.1. The molecule has 0 aliphatic rings. The molecular weight excluding hydrogens is 364 g/mol. The van der Waals surface area contributed by atoms with Crippen molar-refractivity contribution in [1.82, 2.24) is 0 Å². The van der Waals surface area contributed by atoms with Crippen molar-refractivity contribution in [3.63, 3.8) is 0 Å². The number of nitro groups is 1. The molecule has 9 heteroatoms. The fraction of sp³-hybridized carbons (Fsp3) is 0.176. The van der Waals surface area contributed by atoms with Crippen LogP contribution in [0, 0.1) is 10.1 Å². The van der Waals surface area contributed by atoms with E-state index in [1.807, 2.05) is 6.92 Å². The summed E-state index contributed by atoms with van der Waals surface area (Å²) in [6, 6.07) is 10.0. The molecule has 2 aromatic rings. The molecule has 0 bridgehead atoms. The largest absolute Gasteiger partial charge is 0.494 e. The minimum atomic E-state index is -0.713. The highest BCUT2D eigenvalue weighted by Crippen LogP contribution is 2.27. The van der Waals surface area contributed by atoms with E-state index < -0.39 is 23.4 Å². The third kappa shape index (κ3) is 5.18. The number of benzene rings is 2. The highest BCUT2D eigenvalue weighted by atomic mass is 35.5. The van der Waals surface area contributed by atoms with Gasteiger partial charge in [-0.25, -0.2) is 4.79 Å². The molecule has 8 nitrogen and oxygen atoms in total. The Hall–Kier alpha value is -3.13. The van der Waals surface area contributed by atoms with Gasteiger partial charge < -0.3 is 14.8 Å². The Bertz CT molecular complexity index is 823. The average Bonchev–Trinajstić information content (AvgIpc) is 2.62. The summed E-state index contributed by atoms with van der Waals surface area (Å²) in [7, 11) is 0. The minimum Gasteiger partial charge on any atom is -0.494 e. The Labute approximate surface area is 153 Å². The van der Waals surface area contributed by atoms with Crippen molar-refractivity contribution in [3.05, 3.63) is 63.2 Å². The third-order valence-electron chi connectivity index (χ3n) is 3.17. The van der Waals surface area contributed by atoms with E-state index in [0.717, 1.165) is 6.07 Å². The van der Waals surface area contributed by atoms with Gasteiger partial charge in [0.05, 0.1) is 17.1 Å². The highest BCUT2D eigenvalue weighted by Gasteiger charge is 2.17. The van der Waals surface area contributed by atoms with Crippen LogP contribution in [0.2, 0.25) is 5.02 Å². The number of nitrogens with one attached hydrogen (secondary N) is 1. The molecule has 26 heavy (non-hydrogen) atoms. The number of hydrogen-bond donors (Lipinski definition) is 1. The molecule has 2 aromatic carbocycles. The summed E-state index contributed by atoms with van der Waals surface area (Å²) in [6.07, 6.45) is 0. The molecule has 0 fully saturated rings. The molecule has 0 spiro atoms. The molecule has 0 aromatic heterocycles. The Kier molecular flexibility index (Phi) is 6.51. The van der Waals surface area contributed by atoms with Crippen LogP contribution in [0.4, 0.5) is 11.4 Å². The average molecular weight is 379 g/mol. The normalized spacial score (nSPS) is 10.1. The van der Waals surface area contributed by atoms with Crippen LogP contribution in [-0.4, -0.2) is 30.0 Å². The maximum atomic E-state index is 11.9. The maximum Gasteiger partial charge on any atom is 0.338 e. The number of ether oxygens (including phenoxy) is 2. The van der Waals surface area contributed by atoms with Gasteiger partial charge in [0.1, 0.15) is 11.4 Å². The van der Waals surface area contributed by atoms with Gasteiger partial charge >= 0.3 is 5.97 Å². The summed E-state index contributed by atoms with van der Waals surface area (Å²) >= 11 is 5.70. The van der Waals surface area contributed by atoms with E-state index in [2.05, 4.69) is 5.32 Å². The summed E-state index contributed by atoms with van der Waals surface area (Å²) in [5, 5.41) is 13.5. The number of anilines is 1. The van der Waals surface area contributed by atoms with Crippen LogP contribution in [0.25, 0.3) is 0 Å². The van der Waals surface area contributed by atoms with Crippen molar-refractivity contribution in [2.24, 2.45) is 0 Å². The number of halogens is 1. The first-order valence-electron chi connectivity index (χ1n) is 7.54. The number of carbonyl (C=O) groups is 2. The van der Waals surface area contributed by atoms with Crippen LogP contribution in [-0.2, 0) is 9.53 Å². The van der Waals surface area contributed by atoms with Gasteiger partial charge in [0.25, 0.3) is 11.6 Å². The van der Waals surface area contributed by atoms with E-state index >= 15 is 0 Å². The lowest BCUT2D eigenvalue weighted by atomic mass is 10.2. The quantitative estimate of drug-likeness (QED) is 0.449. The summed E-state index contributed by atoms with van der Waals surface area (Å²) < 4.78 is 10.2. The van der Waals surface area contributed by atoms with Gasteiger partial charge in [0, 0.05) is 11.1 Å². The standard InChI is InChI=1S/C17H15ClN2O6/c1-2-25-13-6-3-11(4-7-13)17(22)26-10-16(21)19-14-8-5-12(18)9-15(14)20(23)24/h3-9H,2,10H2,1H3,(H,19,21). The Balaban J connectivity index is 1.94. The van der Waals surface area contributed by atoms with Crippen molar-refractivity contribution in [3.8, 4) is 5.75 Å². The molecule has 2 rings (SSSR count). The van der Waals surface area contributed by atoms with Crippen LogP contribution in [0.1, 0.15) is 17.3 Å². The number of amides is 1. The fourth-order valence-electron chi connectivity index (χ4n) is 2.02. The van der Waals surface area contributed by atoms with Crippen LogP contribution in [0.3, 0.4) is 0 Å². The smallest absolute Gasteiger partial charge is 0.338 e. The highest BCUT2D eigenvalue weighted by molar-refractivity contribution is 6.31. The van der Waals surface area contributed by atoms with Crippen LogP contribution in [0.5, 0.6) is 5.75 Å². The zero-order chi connectivity index (χ0) is 19.1. The van der Waals surface area contributed by atoms with Crippen LogP contribution >= 0.6 is 11.6 Å². The molecule has 0 radical (unpaired) electrons. The lowest BCUT2D eigenvalue weighted by Gasteiger charge is -2.08. The number of nitrogens with zero attached hydrogens (tertiary/aromatic N) is 1. The van der Waals surface area contributed by atoms with Gasteiger partial charge in [-0.2, -0.15) is 0 Å². The Morgan fingerprint density at radius 1 is 1.19 bits per heavy atom. The van der Waals surface area contributed by atoms with Crippen molar-refractivity contribution < 1.29 is 24.0 Å². The third-order valence-corrected chi connectivity index (χ3v) is 3.40. The summed E-state index contributed by atoms with van der Waals surface area (Å²) in [6.45, 7) is 1.75. The molecule has 0 aliphatic carbocycles. The first-order chi connectivity index (χ1) is 12.4. The predicted molar refractivity (Wildman–Crippen MR) is 94.6 cm³/mol. The number of carbonyl (C=O) groups excluding carboxylic acids is 2. The van der Waals surface area contributed by atoms with Gasteiger partial charge in [-0.15, -0.1) is 0 Å². The summed E-state index contributed by atoms with van der Waals surface area (Å²) in [5.41, 5.74) is -0.149. The minimum absolute atomic E-state index is 0.0403. The molecule has 0 atom stereocenters. The molecular formula is C17H15ClN2O6. The van der Waals surface area contributed by atoms with Gasteiger partial charge in [0.15, 0.2) is 6.61 Å². The van der Waals surface area contributed by atoms with Crippen molar-refractivity contribution in [1.29, 1.82) is 0 Å². The molecule has 136 valence electrons. The molecule has 1 N–H and O–H groups in total. The van der Waals surface area contributed by atoms with Gasteiger partial charge in [-0.3, -0.25) is 14.9 Å². The number of esters is 1. The molecule has 1 amide bonds. The van der Waals surface area contributed by atoms with Gasteiger partial charge in [-0.05, 0) is 43.3 Å². The molecule has 0 heterocycles. The number of rotatable bonds is 7. The number of hydrogen-bond acceptors (Lipinski definition) is 6. The lowest BCUT2D eigenvalue weighted by molar-refractivity contribution is -0.383. The second kappa shape index (κ2) is 8.82. The van der Waals surface area contributed by atoms with Crippen LogP contribution in [0.15, 0.2) is 42.5 Å². The Morgan fingerprint density at radius 3 is 2.50 bits per heavy atom. The zero-order valence-electron chi connectivity index (χ0n) is 13.7. The SMILES string of the molecule is CCOc1ccc(C(=O)OCC(=O)Nc2ccc(Cl)cc2[N+](=O)[O-])cc1. The zero-order valence-corrected chi connectivity index (χ0v) is 14.5. The fourth-order valence-corrected chi connectivity index (χ4v) is 2.18. The van der Waals surface area contributed by atoms with E-state index in [0.29, 0.717) is 12.4 Å². The second-order valence-electron chi connectivity index (χ2n) is 5.00. The monoisotopic (exact) mass is 378 g/mol. The van der Waals surface area contributed by atoms with E-state index in [1.165, 1.54) is 24.3 Å². The first kappa shape index (κ1) is 19.2. The van der Waals surface area contributed by atoms with Crippen molar-refractivity contribution >= 4 is 34.9 Å². The van der Waals surface area contributed by atoms with E-state index in [-0.39, 0.29) is 22.0 Å².